The molecule has 0 radical (unpaired) electrons. The largest absolute Gasteiger partial charge is 0.325 e. The summed E-state index contributed by atoms with van der Waals surface area (Å²) in [5, 5.41) is 2.71. The van der Waals surface area contributed by atoms with E-state index in [1.807, 2.05) is 6.92 Å². The van der Waals surface area contributed by atoms with Gasteiger partial charge in [0, 0.05) is 18.8 Å². The monoisotopic (exact) mass is 367 g/mol. The van der Waals surface area contributed by atoms with Gasteiger partial charge >= 0.3 is 0 Å². The summed E-state index contributed by atoms with van der Waals surface area (Å²) < 4.78 is 27.3. The minimum Gasteiger partial charge on any atom is -0.325 e. The third-order valence-electron chi connectivity index (χ3n) is 4.80. The molecule has 1 aromatic carbocycles. The van der Waals surface area contributed by atoms with Crippen LogP contribution in [-0.4, -0.2) is 37.8 Å². The highest BCUT2D eigenvalue weighted by molar-refractivity contribution is 7.89. The van der Waals surface area contributed by atoms with E-state index in [0.717, 1.165) is 32.1 Å². The molecular weight excluding hydrogens is 338 g/mol. The van der Waals surface area contributed by atoms with E-state index in [0.29, 0.717) is 12.1 Å². The van der Waals surface area contributed by atoms with Crippen LogP contribution >= 0.6 is 0 Å². The highest BCUT2D eigenvalue weighted by Gasteiger charge is 2.29. The highest BCUT2D eigenvalue weighted by atomic mass is 32.2. The minimum absolute atomic E-state index is 0.0509. The lowest BCUT2D eigenvalue weighted by atomic mass is 9.96. The fourth-order valence-corrected chi connectivity index (χ4v) is 4.68. The van der Waals surface area contributed by atoms with Gasteiger partial charge in [-0.25, -0.2) is 8.42 Å². The summed E-state index contributed by atoms with van der Waals surface area (Å²) in [7, 11) is -1.93. The predicted octanol–water partition coefficient (Wildman–Crippen LogP) is 2.71. The van der Waals surface area contributed by atoms with E-state index in [1.54, 1.807) is 25.2 Å². The second-order valence-corrected chi connectivity index (χ2v) is 8.72. The van der Waals surface area contributed by atoms with Crippen molar-refractivity contribution in [3.63, 3.8) is 0 Å². The minimum atomic E-state index is -3.58. The molecule has 3 N–H and O–H groups in total. The molecule has 25 heavy (non-hydrogen) atoms. The van der Waals surface area contributed by atoms with Gasteiger partial charge in [0.05, 0.1) is 10.9 Å². The third kappa shape index (κ3) is 5.03. The standard InChI is InChI=1S/C18H29N3O3S/c1-3-8-17(19)18(22)20-14-9-7-12-16(13-14)25(23,24)21(2)15-10-5-4-6-11-15/h7,9,12-13,15,17H,3-6,8,10-11,19H2,1-2H3,(H,20,22). The van der Waals surface area contributed by atoms with Gasteiger partial charge in [-0.15, -0.1) is 0 Å². The van der Waals surface area contributed by atoms with E-state index in [2.05, 4.69) is 5.32 Å². The molecule has 0 bridgehead atoms. The number of nitrogens with two attached hydrogens (primary N) is 1. The molecule has 140 valence electrons. The van der Waals surface area contributed by atoms with Crippen LogP contribution in [0.15, 0.2) is 29.2 Å². The molecule has 2 rings (SSSR count). The molecule has 0 aliphatic heterocycles. The van der Waals surface area contributed by atoms with Gasteiger partial charge in [0.25, 0.3) is 0 Å². The van der Waals surface area contributed by atoms with Crippen LogP contribution in [0, 0.1) is 0 Å². The van der Waals surface area contributed by atoms with Gasteiger partial charge in [-0.2, -0.15) is 4.31 Å². The van der Waals surface area contributed by atoms with Crippen LogP contribution in [0.3, 0.4) is 0 Å². The number of anilines is 1. The maximum absolute atomic E-state index is 12.9. The van der Waals surface area contributed by atoms with Crippen molar-refractivity contribution < 1.29 is 13.2 Å². The predicted molar refractivity (Wildman–Crippen MR) is 99.8 cm³/mol. The van der Waals surface area contributed by atoms with E-state index in [1.165, 1.54) is 16.8 Å². The van der Waals surface area contributed by atoms with Gasteiger partial charge in [-0.3, -0.25) is 4.79 Å². The number of sulfonamides is 1. The van der Waals surface area contributed by atoms with Gasteiger partial charge < -0.3 is 11.1 Å². The van der Waals surface area contributed by atoms with E-state index in [9.17, 15) is 13.2 Å². The zero-order valence-electron chi connectivity index (χ0n) is 15.1. The average Bonchev–Trinajstić information content (AvgIpc) is 2.62. The number of carbonyl (C=O) groups is 1. The summed E-state index contributed by atoms with van der Waals surface area (Å²) in [6.45, 7) is 1.96. The summed E-state index contributed by atoms with van der Waals surface area (Å²) in [4.78, 5) is 12.2. The number of carbonyl (C=O) groups excluding carboxylic acids is 1. The summed E-state index contributed by atoms with van der Waals surface area (Å²) >= 11 is 0. The number of nitrogens with one attached hydrogen (secondary N) is 1. The zero-order chi connectivity index (χ0) is 18.4. The Hall–Kier alpha value is -1.44. The lowest BCUT2D eigenvalue weighted by molar-refractivity contribution is -0.117. The Labute approximate surface area is 150 Å². The molecule has 1 saturated carbocycles. The van der Waals surface area contributed by atoms with Crippen molar-refractivity contribution in [2.24, 2.45) is 5.73 Å². The van der Waals surface area contributed by atoms with E-state index in [-0.39, 0.29) is 16.8 Å². The molecule has 0 saturated heterocycles. The van der Waals surface area contributed by atoms with Gasteiger partial charge in [0.15, 0.2) is 0 Å². The molecule has 1 aromatic rings. The second-order valence-electron chi connectivity index (χ2n) is 6.73. The van der Waals surface area contributed by atoms with Gasteiger partial charge in [-0.1, -0.05) is 38.7 Å². The number of amides is 1. The lowest BCUT2D eigenvalue weighted by Crippen LogP contribution is -2.38. The summed E-state index contributed by atoms with van der Waals surface area (Å²) in [5.74, 6) is -0.294. The van der Waals surface area contributed by atoms with Crippen molar-refractivity contribution in [3.8, 4) is 0 Å². The van der Waals surface area contributed by atoms with Crippen molar-refractivity contribution in [2.45, 2.75) is 68.8 Å². The van der Waals surface area contributed by atoms with Gasteiger partial charge in [-0.05, 0) is 37.5 Å². The molecule has 1 amide bonds. The van der Waals surface area contributed by atoms with Crippen LogP contribution in [0.25, 0.3) is 0 Å². The quantitative estimate of drug-likeness (QED) is 0.775. The van der Waals surface area contributed by atoms with Crippen molar-refractivity contribution in [3.05, 3.63) is 24.3 Å². The Morgan fingerprint density at radius 3 is 2.64 bits per heavy atom. The summed E-state index contributed by atoms with van der Waals surface area (Å²) in [6, 6.07) is 5.85. The smallest absolute Gasteiger partial charge is 0.243 e. The number of hydrogen-bond acceptors (Lipinski definition) is 4. The summed E-state index contributed by atoms with van der Waals surface area (Å²) in [5.41, 5.74) is 6.26. The summed E-state index contributed by atoms with van der Waals surface area (Å²) in [6.07, 6.45) is 6.51. The van der Waals surface area contributed by atoms with Crippen LogP contribution in [0.1, 0.15) is 51.9 Å². The third-order valence-corrected chi connectivity index (χ3v) is 6.71. The Bertz CT molecular complexity index is 685. The lowest BCUT2D eigenvalue weighted by Gasteiger charge is -2.30. The molecule has 1 fully saturated rings. The van der Waals surface area contributed by atoms with Crippen LogP contribution < -0.4 is 11.1 Å². The molecule has 0 heterocycles. The Balaban J connectivity index is 2.14. The van der Waals surface area contributed by atoms with Crippen LogP contribution in [-0.2, 0) is 14.8 Å². The van der Waals surface area contributed by atoms with E-state index >= 15 is 0 Å². The molecule has 1 unspecified atom stereocenters. The van der Waals surface area contributed by atoms with Crippen LogP contribution in [0.5, 0.6) is 0 Å². The number of benzene rings is 1. The van der Waals surface area contributed by atoms with Crippen molar-refractivity contribution >= 4 is 21.6 Å². The number of nitrogens with zero attached hydrogens (tertiary/aromatic N) is 1. The molecule has 1 aliphatic rings. The Morgan fingerprint density at radius 2 is 2.00 bits per heavy atom. The zero-order valence-corrected chi connectivity index (χ0v) is 15.9. The molecule has 7 heteroatoms. The number of hydrogen-bond donors (Lipinski definition) is 2. The van der Waals surface area contributed by atoms with Crippen molar-refractivity contribution in [1.82, 2.24) is 4.31 Å². The molecule has 6 nitrogen and oxygen atoms in total. The highest BCUT2D eigenvalue weighted by Crippen LogP contribution is 2.27. The molecular formula is C18H29N3O3S. The fraction of sp³-hybridized carbons (Fsp3) is 0.611. The Morgan fingerprint density at radius 1 is 1.32 bits per heavy atom. The van der Waals surface area contributed by atoms with Crippen LogP contribution in [0.2, 0.25) is 0 Å². The fourth-order valence-electron chi connectivity index (χ4n) is 3.22. The number of rotatable bonds is 7. The topological polar surface area (TPSA) is 92.5 Å². The first kappa shape index (κ1) is 19.9. The van der Waals surface area contributed by atoms with Crippen molar-refractivity contribution in [1.29, 1.82) is 0 Å². The van der Waals surface area contributed by atoms with Crippen molar-refractivity contribution in [2.75, 3.05) is 12.4 Å². The average molecular weight is 368 g/mol. The van der Waals surface area contributed by atoms with Gasteiger partial charge in [0.2, 0.25) is 15.9 Å². The Kier molecular flexibility index (Phi) is 6.98. The molecule has 0 spiro atoms. The SMILES string of the molecule is CCCC(N)C(=O)Nc1cccc(S(=O)(=O)N(C)C2CCCCC2)c1. The van der Waals surface area contributed by atoms with E-state index < -0.39 is 16.1 Å². The molecule has 0 aromatic heterocycles. The normalized spacial score (nSPS) is 17.4. The molecule has 1 aliphatic carbocycles. The first-order chi connectivity index (χ1) is 11.9. The first-order valence-corrected chi connectivity index (χ1v) is 10.4. The van der Waals surface area contributed by atoms with E-state index in [4.69, 9.17) is 5.73 Å². The maximum atomic E-state index is 12.9. The maximum Gasteiger partial charge on any atom is 0.243 e. The molecule has 1 atom stereocenters. The van der Waals surface area contributed by atoms with Crippen LogP contribution in [0.4, 0.5) is 5.69 Å². The first-order valence-electron chi connectivity index (χ1n) is 9.00. The van der Waals surface area contributed by atoms with Gasteiger partial charge in [0.1, 0.15) is 0 Å². The second kappa shape index (κ2) is 8.78.